The van der Waals surface area contributed by atoms with E-state index in [0.717, 1.165) is 11.6 Å². The lowest BCUT2D eigenvalue weighted by atomic mass is 10.3. The first-order valence-electron chi connectivity index (χ1n) is 9.76. The van der Waals surface area contributed by atoms with Gasteiger partial charge >= 0.3 is 6.03 Å². The second-order valence-electron chi connectivity index (χ2n) is 6.83. The number of nitrogens with zero attached hydrogens (tertiary/aromatic N) is 3. The molecule has 2 aromatic rings. The summed E-state index contributed by atoms with van der Waals surface area (Å²) >= 11 is 0. The summed E-state index contributed by atoms with van der Waals surface area (Å²) in [5.41, 5.74) is 0.799. The summed E-state index contributed by atoms with van der Waals surface area (Å²) in [4.78, 5) is 17.8. The van der Waals surface area contributed by atoms with Crippen LogP contribution in [0.15, 0.2) is 47.5 Å². The highest BCUT2D eigenvalue weighted by Crippen LogP contribution is 2.20. The number of carbonyl (C=O) groups excluding carboxylic acids is 1. The van der Waals surface area contributed by atoms with Crippen LogP contribution in [0.2, 0.25) is 0 Å². The van der Waals surface area contributed by atoms with Gasteiger partial charge in [-0.2, -0.15) is 4.31 Å². The van der Waals surface area contributed by atoms with Crippen molar-refractivity contribution < 1.29 is 27.1 Å². The Morgan fingerprint density at radius 2 is 1.87 bits per heavy atom. The lowest BCUT2D eigenvalue weighted by Gasteiger charge is -2.34. The van der Waals surface area contributed by atoms with Crippen molar-refractivity contribution >= 4 is 16.1 Å². The van der Waals surface area contributed by atoms with Crippen molar-refractivity contribution in [2.24, 2.45) is 0 Å². The van der Waals surface area contributed by atoms with Gasteiger partial charge in [0.25, 0.3) is 0 Å². The first kappa shape index (κ1) is 22.9. The van der Waals surface area contributed by atoms with Crippen molar-refractivity contribution in [1.82, 2.24) is 19.5 Å². The van der Waals surface area contributed by atoms with E-state index < -0.39 is 15.8 Å². The number of carbonyl (C=O) groups is 1. The predicted octanol–water partition coefficient (Wildman–Crippen LogP) is 1.46. The minimum atomic E-state index is -3.94. The van der Waals surface area contributed by atoms with Gasteiger partial charge < -0.3 is 19.7 Å². The Morgan fingerprint density at radius 1 is 1.13 bits per heavy atom. The van der Waals surface area contributed by atoms with Gasteiger partial charge in [-0.3, -0.25) is 0 Å². The maximum absolute atomic E-state index is 13.9. The van der Waals surface area contributed by atoms with Gasteiger partial charge in [0, 0.05) is 52.1 Å². The number of amides is 2. The van der Waals surface area contributed by atoms with Crippen LogP contribution in [0.5, 0.6) is 5.88 Å². The number of halogens is 1. The SMILES string of the molecule is COCCOc1ccc(CNC(=O)N2CCN(S(=O)(=O)c3ccccc3F)CC2)cn1. The number of methoxy groups -OCH3 is 1. The fraction of sp³-hybridized carbons (Fsp3) is 0.400. The summed E-state index contributed by atoms with van der Waals surface area (Å²) in [7, 11) is -2.35. The topological polar surface area (TPSA) is 101 Å². The molecular formula is C20H25FN4O5S. The first-order valence-corrected chi connectivity index (χ1v) is 11.2. The normalized spacial score (nSPS) is 15.0. The van der Waals surface area contributed by atoms with Gasteiger partial charge in [-0.05, 0) is 17.7 Å². The third kappa shape index (κ3) is 5.90. The van der Waals surface area contributed by atoms with E-state index in [9.17, 15) is 17.6 Å². The Bertz CT molecular complexity index is 979. The Kier molecular flexibility index (Phi) is 7.77. The highest BCUT2D eigenvalue weighted by Gasteiger charge is 2.31. The third-order valence-electron chi connectivity index (χ3n) is 4.76. The lowest BCUT2D eigenvalue weighted by molar-refractivity contribution is 0.143. The average Bonchev–Trinajstić information content (AvgIpc) is 2.79. The van der Waals surface area contributed by atoms with Gasteiger partial charge in [0.2, 0.25) is 15.9 Å². The van der Waals surface area contributed by atoms with E-state index in [1.54, 1.807) is 25.4 Å². The van der Waals surface area contributed by atoms with E-state index in [2.05, 4.69) is 10.3 Å². The molecule has 2 heterocycles. The molecule has 1 fully saturated rings. The van der Waals surface area contributed by atoms with E-state index in [0.29, 0.717) is 19.1 Å². The molecule has 1 aliphatic rings. The number of rotatable bonds is 8. The molecule has 2 amide bonds. The largest absolute Gasteiger partial charge is 0.475 e. The maximum atomic E-state index is 13.9. The van der Waals surface area contributed by atoms with E-state index >= 15 is 0 Å². The van der Waals surface area contributed by atoms with Crippen LogP contribution in [0.25, 0.3) is 0 Å². The Labute approximate surface area is 180 Å². The molecule has 0 spiro atoms. The van der Waals surface area contributed by atoms with Gasteiger partial charge in [-0.25, -0.2) is 22.6 Å². The molecule has 0 aliphatic carbocycles. The lowest BCUT2D eigenvalue weighted by Crippen LogP contribution is -2.53. The van der Waals surface area contributed by atoms with Crippen molar-refractivity contribution in [1.29, 1.82) is 0 Å². The van der Waals surface area contributed by atoms with Crippen molar-refractivity contribution in [3.63, 3.8) is 0 Å². The van der Waals surface area contributed by atoms with E-state index in [1.165, 1.54) is 27.4 Å². The number of hydrogen-bond acceptors (Lipinski definition) is 6. The number of nitrogens with one attached hydrogen (secondary N) is 1. The van der Waals surface area contributed by atoms with Gasteiger partial charge in [-0.1, -0.05) is 18.2 Å². The minimum absolute atomic E-state index is 0.0964. The molecule has 1 aromatic carbocycles. The smallest absolute Gasteiger partial charge is 0.317 e. The molecule has 168 valence electrons. The number of pyridine rings is 1. The first-order chi connectivity index (χ1) is 14.9. The Morgan fingerprint density at radius 3 is 2.52 bits per heavy atom. The number of piperazine rings is 1. The summed E-state index contributed by atoms with van der Waals surface area (Å²) < 4.78 is 50.7. The summed E-state index contributed by atoms with van der Waals surface area (Å²) in [6.45, 7) is 1.76. The molecule has 1 aliphatic heterocycles. The van der Waals surface area contributed by atoms with Crippen LogP contribution >= 0.6 is 0 Å². The summed E-state index contributed by atoms with van der Waals surface area (Å²) in [6.07, 6.45) is 1.61. The van der Waals surface area contributed by atoms with Crippen LogP contribution < -0.4 is 10.1 Å². The second kappa shape index (κ2) is 10.5. The molecule has 9 nitrogen and oxygen atoms in total. The van der Waals surface area contributed by atoms with Crippen molar-refractivity contribution in [3.8, 4) is 5.88 Å². The molecule has 1 N–H and O–H groups in total. The van der Waals surface area contributed by atoms with Crippen LogP contribution in [0.4, 0.5) is 9.18 Å². The van der Waals surface area contributed by atoms with E-state index in [4.69, 9.17) is 9.47 Å². The molecular weight excluding hydrogens is 427 g/mol. The molecule has 0 atom stereocenters. The van der Waals surface area contributed by atoms with Crippen molar-refractivity contribution in [2.45, 2.75) is 11.4 Å². The molecule has 0 unspecified atom stereocenters. The van der Waals surface area contributed by atoms with Crippen LogP contribution in [-0.2, 0) is 21.3 Å². The van der Waals surface area contributed by atoms with Crippen LogP contribution in [0.3, 0.4) is 0 Å². The van der Waals surface area contributed by atoms with Crippen molar-refractivity contribution in [2.75, 3.05) is 46.5 Å². The Hall–Kier alpha value is -2.76. The van der Waals surface area contributed by atoms with Crippen LogP contribution in [0, 0.1) is 5.82 Å². The third-order valence-corrected chi connectivity index (χ3v) is 6.69. The highest BCUT2D eigenvalue weighted by atomic mass is 32.2. The maximum Gasteiger partial charge on any atom is 0.317 e. The van der Waals surface area contributed by atoms with Gasteiger partial charge in [0.15, 0.2) is 0 Å². The van der Waals surface area contributed by atoms with E-state index in [1.807, 2.05) is 0 Å². The van der Waals surface area contributed by atoms with Crippen LogP contribution in [0.1, 0.15) is 5.56 Å². The molecule has 1 saturated heterocycles. The zero-order valence-electron chi connectivity index (χ0n) is 17.2. The summed E-state index contributed by atoms with van der Waals surface area (Å²) in [5.74, 6) is -0.314. The molecule has 31 heavy (non-hydrogen) atoms. The standard InChI is InChI=1S/C20H25FN4O5S/c1-29-12-13-30-19-7-6-16(14-22-19)15-23-20(26)24-8-10-25(11-9-24)31(27,28)18-5-3-2-4-17(18)21/h2-7,14H,8-13,15H2,1H3,(H,23,26). The molecule has 1 aromatic heterocycles. The average molecular weight is 453 g/mol. The summed E-state index contributed by atoms with van der Waals surface area (Å²) in [5, 5.41) is 2.79. The number of aromatic nitrogens is 1. The quantitative estimate of drug-likeness (QED) is 0.609. The molecule has 0 bridgehead atoms. The van der Waals surface area contributed by atoms with E-state index in [-0.39, 0.29) is 43.7 Å². The van der Waals surface area contributed by atoms with Crippen molar-refractivity contribution in [3.05, 3.63) is 54.0 Å². The number of benzene rings is 1. The molecule has 0 radical (unpaired) electrons. The van der Waals surface area contributed by atoms with Gasteiger partial charge in [0.05, 0.1) is 6.61 Å². The number of ether oxygens (including phenoxy) is 2. The number of urea groups is 1. The minimum Gasteiger partial charge on any atom is -0.475 e. The second-order valence-corrected chi connectivity index (χ2v) is 8.73. The Balaban J connectivity index is 1.48. The van der Waals surface area contributed by atoms with Crippen LogP contribution in [-0.4, -0.2) is 75.1 Å². The molecule has 11 heteroatoms. The number of hydrogen-bond donors (Lipinski definition) is 1. The monoisotopic (exact) mass is 452 g/mol. The molecule has 0 saturated carbocycles. The zero-order valence-corrected chi connectivity index (χ0v) is 18.0. The fourth-order valence-electron chi connectivity index (χ4n) is 3.04. The predicted molar refractivity (Wildman–Crippen MR) is 111 cm³/mol. The number of sulfonamides is 1. The fourth-order valence-corrected chi connectivity index (χ4v) is 4.53. The van der Waals surface area contributed by atoms with Gasteiger partial charge in [0.1, 0.15) is 17.3 Å². The zero-order chi connectivity index (χ0) is 22.3. The van der Waals surface area contributed by atoms with Gasteiger partial charge in [-0.15, -0.1) is 0 Å². The molecule has 3 rings (SSSR count). The highest BCUT2D eigenvalue weighted by molar-refractivity contribution is 7.89. The summed E-state index contributed by atoms with van der Waals surface area (Å²) in [6, 6.07) is 8.48.